The molecule has 1 saturated carbocycles. The highest BCUT2D eigenvalue weighted by molar-refractivity contribution is 5.85. The van der Waals surface area contributed by atoms with Crippen molar-refractivity contribution < 1.29 is 9.53 Å². The van der Waals surface area contributed by atoms with E-state index in [4.69, 9.17) is 10.5 Å². The number of amides is 1. The van der Waals surface area contributed by atoms with Crippen LogP contribution in [0.3, 0.4) is 0 Å². The van der Waals surface area contributed by atoms with Gasteiger partial charge in [-0.05, 0) is 39.8 Å². The molecule has 1 aliphatic carbocycles. The minimum absolute atomic E-state index is 0.233. The molecule has 0 spiro atoms. The van der Waals surface area contributed by atoms with E-state index in [0.29, 0.717) is 18.7 Å². The van der Waals surface area contributed by atoms with E-state index in [1.54, 1.807) is 7.11 Å². The molecule has 3 unspecified atom stereocenters. The standard InChI is InChI=1S/C13H27N3O2/c1-5-16(10(2)9-18-4)11-6-7-13(8-11,15-3)12(14)17/h10-11,15H,5-9H2,1-4H3,(H2,14,17). The number of nitrogens with two attached hydrogens (primary N) is 1. The topological polar surface area (TPSA) is 67.6 Å². The van der Waals surface area contributed by atoms with Crippen LogP contribution in [0.25, 0.3) is 0 Å². The Morgan fingerprint density at radius 3 is 2.72 bits per heavy atom. The SMILES string of the molecule is CCN(C(C)COC)C1CCC(NC)(C(N)=O)C1. The fourth-order valence-corrected chi connectivity index (χ4v) is 3.14. The maximum absolute atomic E-state index is 11.6. The molecule has 1 rings (SSSR count). The van der Waals surface area contributed by atoms with Crippen LogP contribution < -0.4 is 11.1 Å². The van der Waals surface area contributed by atoms with Crippen molar-refractivity contribution in [1.82, 2.24) is 10.2 Å². The van der Waals surface area contributed by atoms with Gasteiger partial charge in [0.15, 0.2) is 0 Å². The molecule has 0 aliphatic heterocycles. The molecular weight excluding hydrogens is 230 g/mol. The van der Waals surface area contributed by atoms with Crippen LogP contribution >= 0.6 is 0 Å². The van der Waals surface area contributed by atoms with E-state index in [0.717, 1.165) is 25.8 Å². The summed E-state index contributed by atoms with van der Waals surface area (Å²) in [6, 6.07) is 0.769. The lowest BCUT2D eigenvalue weighted by molar-refractivity contribution is -0.124. The molecule has 0 aromatic carbocycles. The van der Waals surface area contributed by atoms with E-state index < -0.39 is 5.54 Å². The fourth-order valence-electron chi connectivity index (χ4n) is 3.14. The van der Waals surface area contributed by atoms with E-state index in [-0.39, 0.29) is 5.91 Å². The Labute approximate surface area is 110 Å². The zero-order valence-electron chi connectivity index (χ0n) is 12.0. The van der Waals surface area contributed by atoms with Gasteiger partial charge in [0.25, 0.3) is 0 Å². The molecule has 1 aliphatic rings. The molecule has 1 amide bonds. The summed E-state index contributed by atoms with van der Waals surface area (Å²) in [6.07, 6.45) is 2.62. The summed E-state index contributed by atoms with van der Waals surface area (Å²) in [5, 5.41) is 3.12. The second-order valence-electron chi connectivity index (χ2n) is 5.23. The molecular formula is C13H27N3O2. The summed E-state index contributed by atoms with van der Waals surface area (Å²) >= 11 is 0. The largest absolute Gasteiger partial charge is 0.383 e. The Morgan fingerprint density at radius 1 is 1.67 bits per heavy atom. The smallest absolute Gasteiger partial charge is 0.237 e. The number of hydrogen-bond acceptors (Lipinski definition) is 4. The third-order valence-electron chi connectivity index (χ3n) is 4.25. The lowest BCUT2D eigenvalue weighted by Crippen LogP contribution is -2.53. The zero-order valence-corrected chi connectivity index (χ0v) is 12.0. The molecule has 0 aromatic rings. The van der Waals surface area contributed by atoms with E-state index in [1.807, 2.05) is 7.05 Å². The van der Waals surface area contributed by atoms with Gasteiger partial charge in [-0.25, -0.2) is 0 Å². The lowest BCUT2D eigenvalue weighted by Gasteiger charge is -2.34. The number of carbonyl (C=O) groups is 1. The molecule has 106 valence electrons. The van der Waals surface area contributed by atoms with Crippen molar-refractivity contribution in [3.63, 3.8) is 0 Å². The normalized spacial score (nSPS) is 29.7. The lowest BCUT2D eigenvalue weighted by atomic mass is 9.96. The third kappa shape index (κ3) is 3.02. The second-order valence-corrected chi connectivity index (χ2v) is 5.23. The molecule has 18 heavy (non-hydrogen) atoms. The number of nitrogens with zero attached hydrogens (tertiary/aromatic N) is 1. The Morgan fingerprint density at radius 2 is 2.33 bits per heavy atom. The van der Waals surface area contributed by atoms with Crippen molar-refractivity contribution in [1.29, 1.82) is 0 Å². The molecule has 0 radical (unpaired) electrons. The predicted molar refractivity (Wildman–Crippen MR) is 72.3 cm³/mol. The average molecular weight is 257 g/mol. The van der Waals surface area contributed by atoms with Crippen molar-refractivity contribution in [2.24, 2.45) is 5.73 Å². The molecule has 0 bridgehead atoms. The number of methoxy groups -OCH3 is 1. The van der Waals surface area contributed by atoms with Gasteiger partial charge in [0.2, 0.25) is 5.91 Å². The highest BCUT2D eigenvalue weighted by Crippen LogP contribution is 2.33. The van der Waals surface area contributed by atoms with Gasteiger partial charge in [0.1, 0.15) is 0 Å². The highest BCUT2D eigenvalue weighted by Gasteiger charge is 2.44. The average Bonchev–Trinajstić information content (AvgIpc) is 2.76. The molecule has 3 N–H and O–H groups in total. The first-order valence-electron chi connectivity index (χ1n) is 6.74. The molecule has 0 heterocycles. The van der Waals surface area contributed by atoms with Crippen molar-refractivity contribution >= 4 is 5.91 Å². The summed E-state index contributed by atoms with van der Waals surface area (Å²) < 4.78 is 5.22. The number of nitrogens with one attached hydrogen (secondary N) is 1. The van der Waals surface area contributed by atoms with Crippen LogP contribution in [0, 0.1) is 0 Å². The summed E-state index contributed by atoms with van der Waals surface area (Å²) in [5.41, 5.74) is 5.01. The summed E-state index contributed by atoms with van der Waals surface area (Å²) in [7, 11) is 3.54. The van der Waals surface area contributed by atoms with Crippen molar-refractivity contribution in [2.45, 2.75) is 50.7 Å². The van der Waals surface area contributed by atoms with Gasteiger partial charge in [-0.3, -0.25) is 9.69 Å². The molecule has 5 nitrogen and oxygen atoms in total. The zero-order chi connectivity index (χ0) is 13.8. The molecule has 0 aromatic heterocycles. The number of primary amides is 1. The molecule has 5 heteroatoms. The first-order valence-corrected chi connectivity index (χ1v) is 6.74. The minimum Gasteiger partial charge on any atom is -0.383 e. The first kappa shape index (κ1) is 15.4. The molecule has 1 fully saturated rings. The van der Waals surface area contributed by atoms with Crippen molar-refractivity contribution in [3.05, 3.63) is 0 Å². The Kier molecular flexibility index (Phi) is 5.56. The van der Waals surface area contributed by atoms with Gasteiger partial charge in [-0.2, -0.15) is 0 Å². The summed E-state index contributed by atoms with van der Waals surface area (Å²) in [5.74, 6) is -0.233. The Bertz CT molecular complexity index is 285. The maximum Gasteiger partial charge on any atom is 0.237 e. The van der Waals surface area contributed by atoms with E-state index in [1.165, 1.54) is 0 Å². The Hall–Kier alpha value is -0.650. The van der Waals surface area contributed by atoms with Crippen LogP contribution in [0.5, 0.6) is 0 Å². The van der Waals surface area contributed by atoms with Crippen LogP contribution in [-0.4, -0.2) is 55.7 Å². The van der Waals surface area contributed by atoms with Crippen LogP contribution in [0.1, 0.15) is 33.1 Å². The third-order valence-corrected chi connectivity index (χ3v) is 4.25. The number of rotatable bonds is 7. The molecule has 3 atom stereocenters. The van der Waals surface area contributed by atoms with Crippen molar-refractivity contribution in [2.75, 3.05) is 27.3 Å². The number of ether oxygens (including phenoxy) is 1. The van der Waals surface area contributed by atoms with E-state index >= 15 is 0 Å². The number of carbonyl (C=O) groups excluding carboxylic acids is 1. The summed E-state index contributed by atoms with van der Waals surface area (Å²) in [4.78, 5) is 14.0. The first-order chi connectivity index (χ1) is 8.50. The van der Waals surface area contributed by atoms with Crippen LogP contribution in [0.2, 0.25) is 0 Å². The summed E-state index contributed by atoms with van der Waals surface area (Å²) in [6.45, 7) is 5.99. The van der Waals surface area contributed by atoms with Crippen LogP contribution in [0.15, 0.2) is 0 Å². The van der Waals surface area contributed by atoms with E-state index in [2.05, 4.69) is 24.1 Å². The van der Waals surface area contributed by atoms with Crippen LogP contribution in [-0.2, 0) is 9.53 Å². The van der Waals surface area contributed by atoms with Crippen LogP contribution in [0.4, 0.5) is 0 Å². The quantitative estimate of drug-likeness (QED) is 0.690. The Balaban J connectivity index is 2.71. The second kappa shape index (κ2) is 6.50. The van der Waals surface area contributed by atoms with Gasteiger partial charge in [-0.15, -0.1) is 0 Å². The molecule has 0 saturated heterocycles. The minimum atomic E-state index is -0.523. The van der Waals surface area contributed by atoms with Crippen molar-refractivity contribution in [3.8, 4) is 0 Å². The van der Waals surface area contributed by atoms with Gasteiger partial charge >= 0.3 is 0 Å². The van der Waals surface area contributed by atoms with Gasteiger partial charge in [0, 0.05) is 19.2 Å². The maximum atomic E-state index is 11.6. The highest BCUT2D eigenvalue weighted by atomic mass is 16.5. The predicted octanol–water partition coefficient (Wildman–Crippen LogP) is 0.339. The number of hydrogen-bond donors (Lipinski definition) is 2. The van der Waals surface area contributed by atoms with E-state index in [9.17, 15) is 4.79 Å². The monoisotopic (exact) mass is 257 g/mol. The van der Waals surface area contributed by atoms with Gasteiger partial charge in [0.05, 0.1) is 12.1 Å². The van der Waals surface area contributed by atoms with Gasteiger partial charge < -0.3 is 15.8 Å². The van der Waals surface area contributed by atoms with Gasteiger partial charge in [-0.1, -0.05) is 6.92 Å². The fraction of sp³-hybridized carbons (Fsp3) is 0.923. The number of likely N-dealkylation sites (N-methyl/N-ethyl adjacent to an activating group) is 2.